The monoisotopic (exact) mass is 383 g/mol. The third-order valence-corrected chi connectivity index (χ3v) is 5.00. The third kappa shape index (κ3) is 5.68. The van der Waals surface area contributed by atoms with E-state index in [2.05, 4.69) is 55.6 Å². The smallest absolute Gasteiger partial charge is 0.165 e. The first-order valence-corrected chi connectivity index (χ1v) is 10.4. The number of hydrogen-bond donors (Lipinski definition) is 1. The van der Waals surface area contributed by atoms with E-state index in [4.69, 9.17) is 0 Å². The molecule has 2 nitrogen and oxygen atoms in total. The van der Waals surface area contributed by atoms with E-state index < -0.39 is 0 Å². The highest BCUT2D eigenvalue weighted by Gasteiger charge is 2.18. The van der Waals surface area contributed by atoms with Gasteiger partial charge in [0.1, 0.15) is 0 Å². The Morgan fingerprint density at radius 1 is 0.793 bits per heavy atom. The van der Waals surface area contributed by atoms with Crippen LogP contribution >= 0.6 is 0 Å². The fraction of sp³-hybridized carbons (Fsp3) is 0.222. The molecule has 0 aliphatic heterocycles. The summed E-state index contributed by atoms with van der Waals surface area (Å²) in [7, 11) is 0. The highest BCUT2D eigenvalue weighted by Crippen LogP contribution is 2.28. The van der Waals surface area contributed by atoms with Crippen LogP contribution in [0.15, 0.2) is 84.9 Å². The number of rotatable bonds is 9. The molecule has 0 aliphatic rings. The second-order valence-corrected chi connectivity index (χ2v) is 7.35. The van der Waals surface area contributed by atoms with Crippen molar-refractivity contribution in [3.8, 4) is 0 Å². The molecule has 0 unspecified atom stereocenters. The molecule has 0 spiro atoms. The van der Waals surface area contributed by atoms with Gasteiger partial charge in [-0.05, 0) is 30.0 Å². The van der Waals surface area contributed by atoms with Gasteiger partial charge in [-0.25, -0.2) is 0 Å². The van der Waals surface area contributed by atoms with Gasteiger partial charge in [-0.1, -0.05) is 104 Å². The maximum Gasteiger partial charge on any atom is 0.165 e. The van der Waals surface area contributed by atoms with Gasteiger partial charge in [0, 0.05) is 18.5 Å². The molecule has 0 heterocycles. The number of unbranched alkanes of at least 4 members (excludes halogenated alkanes) is 1. The van der Waals surface area contributed by atoms with Gasteiger partial charge in [0.25, 0.3) is 0 Å². The lowest BCUT2D eigenvalue weighted by atomic mass is 9.93. The summed E-state index contributed by atoms with van der Waals surface area (Å²) in [5, 5.41) is 3.59. The second-order valence-electron chi connectivity index (χ2n) is 7.35. The normalized spacial score (nSPS) is 11.7. The van der Waals surface area contributed by atoms with Crippen molar-refractivity contribution < 1.29 is 4.79 Å². The maximum atomic E-state index is 13.3. The largest absolute Gasteiger partial charge is 0.380 e. The van der Waals surface area contributed by atoms with Crippen LogP contribution in [0.3, 0.4) is 0 Å². The Hall–Kier alpha value is -3.13. The number of allylic oxidation sites excluding steroid dienone is 1. The molecule has 3 aromatic rings. The summed E-state index contributed by atoms with van der Waals surface area (Å²) in [5.41, 5.74) is 6.07. The van der Waals surface area contributed by atoms with E-state index in [1.54, 1.807) is 0 Å². The number of carbonyl (C=O) groups is 1. The molecule has 0 radical (unpaired) electrons. The minimum absolute atomic E-state index is 0.189. The van der Waals surface area contributed by atoms with Gasteiger partial charge in [0.2, 0.25) is 0 Å². The second kappa shape index (κ2) is 10.4. The van der Waals surface area contributed by atoms with Crippen LogP contribution in [0.25, 0.3) is 11.3 Å². The van der Waals surface area contributed by atoms with Gasteiger partial charge < -0.3 is 5.32 Å². The van der Waals surface area contributed by atoms with Gasteiger partial charge in [-0.15, -0.1) is 0 Å². The molecule has 0 atom stereocenters. The minimum Gasteiger partial charge on any atom is -0.380 e. The Balaban J connectivity index is 2.09. The molecule has 0 fully saturated rings. The van der Waals surface area contributed by atoms with E-state index in [1.165, 1.54) is 11.1 Å². The minimum atomic E-state index is 0.189. The van der Waals surface area contributed by atoms with Crippen molar-refractivity contribution in [2.45, 2.75) is 39.7 Å². The lowest BCUT2D eigenvalue weighted by Gasteiger charge is -2.18. The van der Waals surface area contributed by atoms with Crippen LogP contribution in [-0.4, -0.2) is 5.78 Å². The highest BCUT2D eigenvalue weighted by molar-refractivity contribution is 6.27. The number of nitrogens with one attached hydrogen (secondary N) is 1. The topological polar surface area (TPSA) is 29.1 Å². The van der Waals surface area contributed by atoms with E-state index in [0.29, 0.717) is 13.0 Å². The molecule has 2 heteroatoms. The van der Waals surface area contributed by atoms with Crippen LogP contribution in [0.4, 0.5) is 0 Å². The van der Waals surface area contributed by atoms with E-state index in [0.717, 1.165) is 35.2 Å². The van der Waals surface area contributed by atoms with Crippen molar-refractivity contribution in [3.05, 3.63) is 107 Å². The van der Waals surface area contributed by atoms with Crippen LogP contribution in [0.5, 0.6) is 0 Å². The molecular formula is C27H29NO. The Bertz CT molecular complexity index is 941. The quantitative estimate of drug-likeness (QED) is 0.341. The Kier molecular flexibility index (Phi) is 7.40. The van der Waals surface area contributed by atoms with Gasteiger partial charge >= 0.3 is 0 Å². The van der Waals surface area contributed by atoms with Gasteiger partial charge in [-0.2, -0.15) is 0 Å². The summed E-state index contributed by atoms with van der Waals surface area (Å²) in [6.07, 6.45) is 2.46. The molecular weight excluding hydrogens is 354 g/mol. The first-order chi connectivity index (χ1) is 14.2. The third-order valence-electron chi connectivity index (χ3n) is 5.00. The number of carbonyl (C=O) groups excluding carboxylic acids is 1. The molecule has 0 aromatic heterocycles. The van der Waals surface area contributed by atoms with Crippen molar-refractivity contribution in [3.63, 3.8) is 0 Å². The molecule has 0 saturated carbocycles. The fourth-order valence-electron chi connectivity index (χ4n) is 3.35. The lowest BCUT2D eigenvalue weighted by Crippen LogP contribution is -2.17. The molecule has 0 amide bonds. The first kappa shape index (κ1) is 20.6. The summed E-state index contributed by atoms with van der Waals surface area (Å²) < 4.78 is 0. The predicted octanol–water partition coefficient (Wildman–Crippen LogP) is 6.41. The summed E-state index contributed by atoms with van der Waals surface area (Å²) in [6.45, 7) is 4.87. The molecule has 1 N–H and O–H groups in total. The number of aryl methyl sites for hydroxylation is 1. The molecule has 0 bridgehead atoms. The molecule has 0 saturated heterocycles. The standard InChI is InChI=1S/C27H29NO/c1-3-4-15-25(29)26(23-13-9-6-10-14-23)27(24-18-16-21(2)17-19-24)28-20-22-11-7-5-8-12-22/h5-14,16-19,28H,3-4,15,20H2,1-2H3/b27-26+. The Morgan fingerprint density at radius 2 is 1.41 bits per heavy atom. The van der Waals surface area contributed by atoms with Crippen LogP contribution < -0.4 is 5.32 Å². The Morgan fingerprint density at radius 3 is 2.03 bits per heavy atom. The van der Waals surface area contributed by atoms with Gasteiger partial charge in [0.05, 0.1) is 5.70 Å². The zero-order valence-electron chi connectivity index (χ0n) is 17.3. The van der Waals surface area contributed by atoms with Crippen LogP contribution in [-0.2, 0) is 11.3 Å². The van der Waals surface area contributed by atoms with E-state index in [1.807, 2.05) is 48.5 Å². The number of ketones is 1. The zero-order chi connectivity index (χ0) is 20.5. The van der Waals surface area contributed by atoms with Crippen LogP contribution in [0.1, 0.15) is 48.4 Å². The van der Waals surface area contributed by atoms with Crippen molar-refractivity contribution in [1.82, 2.24) is 5.32 Å². The number of Topliss-reactive ketones (excluding diaryl/α,β-unsaturated/α-hetero) is 1. The van der Waals surface area contributed by atoms with E-state index in [9.17, 15) is 4.79 Å². The van der Waals surface area contributed by atoms with E-state index in [-0.39, 0.29) is 5.78 Å². The van der Waals surface area contributed by atoms with Gasteiger partial charge in [-0.3, -0.25) is 4.79 Å². The fourth-order valence-corrected chi connectivity index (χ4v) is 3.35. The van der Waals surface area contributed by atoms with E-state index >= 15 is 0 Å². The summed E-state index contributed by atoms with van der Waals surface area (Å²) in [5.74, 6) is 0.189. The zero-order valence-corrected chi connectivity index (χ0v) is 17.3. The summed E-state index contributed by atoms with van der Waals surface area (Å²) in [6, 6.07) is 28.7. The van der Waals surface area contributed by atoms with Crippen LogP contribution in [0.2, 0.25) is 0 Å². The lowest BCUT2D eigenvalue weighted by molar-refractivity contribution is -0.113. The predicted molar refractivity (Wildman–Crippen MR) is 122 cm³/mol. The average Bonchev–Trinajstić information content (AvgIpc) is 2.77. The molecule has 3 aromatic carbocycles. The maximum absolute atomic E-state index is 13.3. The van der Waals surface area contributed by atoms with Crippen molar-refractivity contribution in [2.24, 2.45) is 0 Å². The van der Waals surface area contributed by atoms with Crippen LogP contribution in [0, 0.1) is 6.92 Å². The number of hydrogen-bond acceptors (Lipinski definition) is 2. The summed E-state index contributed by atoms with van der Waals surface area (Å²) >= 11 is 0. The van der Waals surface area contributed by atoms with Gasteiger partial charge in [0.15, 0.2) is 5.78 Å². The van der Waals surface area contributed by atoms with Crippen molar-refractivity contribution >= 4 is 17.1 Å². The summed E-state index contributed by atoms with van der Waals surface area (Å²) in [4.78, 5) is 13.3. The average molecular weight is 384 g/mol. The van der Waals surface area contributed by atoms with Crippen molar-refractivity contribution in [1.29, 1.82) is 0 Å². The molecule has 29 heavy (non-hydrogen) atoms. The first-order valence-electron chi connectivity index (χ1n) is 10.4. The molecule has 148 valence electrons. The highest BCUT2D eigenvalue weighted by atomic mass is 16.1. The number of benzene rings is 3. The van der Waals surface area contributed by atoms with Crippen molar-refractivity contribution in [2.75, 3.05) is 0 Å². The SMILES string of the molecule is CCCCC(=O)/C(=C(/NCc1ccccc1)c1ccc(C)cc1)c1ccccc1. The molecule has 0 aliphatic carbocycles. The molecule has 3 rings (SSSR count). The Labute approximate surface area is 174 Å².